The lowest BCUT2D eigenvalue weighted by Gasteiger charge is -2.44. The van der Waals surface area contributed by atoms with Gasteiger partial charge in [0.25, 0.3) is 0 Å². The van der Waals surface area contributed by atoms with Crippen LogP contribution in [-0.4, -0.2) is 35.3 Å². The topological polar surface area (TPSA) is 80.9 Å². The lowest BCUT2D eigenvalue weighted by Crippen LogP contribution is -2.73. The van der Waals surface area contributed by atoms with Crippen molar-refractivity contribution < 1.29 is 19.2 Å². The maximum atomic E-state index is 9.97. The molecule has 86 valence electrons. The first kappa shape index (κ1) is 14.3. The highest BCUT2D eigenvalue weighted by Gasteiger charge is 2.68. The zero-order chi connectivity index (χ0) is 12.0. The molecular weight excluding hydrogens is 216 g/mol. The van der Waals surface area contributed by atoms with Crippen LogP contribution in [0.3, 0.4) is 0 Å². The average molecular weight is 238 g/mol. The highest BCUT2D eigenvalue weighted by atomic mass is 29.3. The summed E-state index contributed by atoms with van der Waals surface area (Å²) >= 11 is 0. The van der Waals surface area contributed by atoms with E-state index in [1.165, 1.54) is 0 Å². The Morgan fingerprint density at radius 1 is 0.571 bits per heavy atom. The molecule has 0 spiro atoms. The van der Waals surface area contributed by atoms with Gasteiger partial charge in [0, 0.05) is 10.1 Å². The second kappa shape index (κ2) is 3.39. The number of rotatable bonds is 1. The largest absolute Gasteiger partial charge is 0.409 e. The van der Waals surface area contributed by atoms with Crippen molar-refractivity contribution in [1.29, 1.82) is 0 Å². The lowest BCUT2D eigenvalue weighted by molar-refractivity contribution is 0.264. The molecule has 0 unspecified atom stereocenters. The molecule has 0 aliphatic heterocycles. The SMILES string of the molecule is CC(C)(C)[Si](O)(O)[Si](O)(O)C(C)(C)C. The molecule has 14 heavy (non-hydrogen) atoms. The Bertz CT molecular complexity index is 188. The van der Waals surface area contributed by atoms with Crippen molar-refractivity contribution in [3.63, 3.8) is 0 Å². The van der Waals surface area contributed by atoms with E-state index in [4.69, 9.17) is 0 Å². The molecule has 4 N–H and O–H groups in total. The quantitative estimate of drug-likeness (QED) is 0.502. The minimum atomic E-state index is -4.02. The normalized spacial score (nSPS) is 15.9. The van der Waals surface area contributed by atoms with Crippen molar-refractivity contribution in [2.24, 2.45) is 0 Å². The summed E-state index contributed by atoms with van der Waals surface area (Å²) in [4.78, 5) is 39.9. The van der Waals surface area contributed by atoms with Gasteiger partial charge in [-0.3, -0.25) is 0 Å². The van der Waals surface area contributed by atoms with Crippen molar-refractivity contribution in [1.82, 2.24) is 0 Å². The summed E-state index contributed by atoms with van der Waals surface area (Å²) in [5.74, 6) is 0. The van der Waals surface area contributed by atoms with Gasteiger partial charge in [0.05, 0.1) is 0 Å². The van der Waals surface area contributed by atoms with Gasteiger partial charge in [-0.2, -0.15) is 0 Å². The molecule has 4 nitrogen and oxygen atoms in total. The van der Waals surface area contributed by atoms with Gasteiger partial charge < -0.3 is 19.2 Å². The molecule has 0 saturated heterocycles. The van der Waals surface area contributed by atoms with Gasteiger partial charge in [0.2, 0.25) is 0 Å². The smallest absolute Gasteiger partial charge is 0.384 e. The minimum absolute atomic E-state index is 0.851. The standard InChI is InChI=1S/C8H22O4Si2/c1-7(2,3)13(9,10)14(11,12)8(4,5)6/h9-12H,1-6H3. The van der Waals surface area contributed by atoms with Gasteiger partial charge in [-0.1, -0.05) is 41.5 Å². The molecule has 0 fully saturated rings. The van der Waals surface area contributed by atoms with Crippen LogP contribution in [0, 0.1) is 0 Å². The zero-order valence-corrected chi connectivity index (χ0v) is 11.8. The predicted molar refractivity (Wildman–Crippen MR) is 59.8 cm³/mol. The van der Waals surface area contributed by atoms with Crippen LogP contribution in [0.1, 0.15) is 41.5 Å². The molecule has 0 radical (unpaired) electrons. The molecule has 0 aliphatic rings. The molecule has 0 amide bonds. The third-order valence-electron chi connectivity index (χ3n) is 2.58. The first-order valence-corrected chi connectivity index (χ1v) is 9.43. The van der Waals surface area contributed by atoms with Crippen LogP contribution in [0.5, 0.6) is 0 Å². The van der Waals surface area contributed by atoms with Crippen molar-refractivity contribution in [3.8, 4) is 0 Å². The molecule has 0 bridgehead atoms. The van der Waals surface area contributed by atoms with Gasteiger partial charge in [-0.05, 0) is 0 Å². The molecule has 0 heterocycles. The zero-order valence-electron chi connectivity index (χ0n) is 9.79. The Labute approximate surface area is 87.5 Å². The summed E-state index contributed by atoms with van der Waals surface area (Å²) < 4.78 is 0. The summed E-state index contributed by atoms with van der Waals surface area (Å²) in [6, 6.07) is 0. The van der Waals surface area contributed by atoms with Gasteiger partial charge in [-0.15, -0.1) is 0 Å². The van der Waals surface area contributed by atoms with Crippen molar-refractivity contribution in [2.45, 2.75) is 51.6 Å². The van der Waals surface area contributed by atoms with E-state index < -0.39 is 26.2 Å². The lowest BCUT2D eigenvalue weighted by atomic mass is 10.2. The predicted octanol–water partition coefficient (Wildman–Crippen LogP) is 0.519. The van der Waals surface area contributed by atoms with Crippen LogP contribution in [0.15, 0.2) is 0 Å². The van der Waals surface area contributed by atoms with Gasteiger partial charge >= 0.3 is 16.2 Å². The molecule has 0 aliphatic carbocycles. The first-order chi connectivity index (χ1) is 5.75. The third-order valence-corrected chi connectivity index (χ3v) is 15.1. The molecule has 0 rings (SSSR count). The summed E-state index contributed by atoms with van der Waals surface area (Å²) in [6.45, 7) is 9.74. The van der Waals surface area contributed by atoms with E-state index in [9.17, 15) is 19.2 Å². The monoisotopic (exact) mass is 238 g/mol. The molecular formula is C8H22O4Si2. The molecule has 0 aromatic rings. The molecule has 0 saturated carbocycles. The minimum Gasteiger partial charge on any atom is -0.409 e. The summed E-state index contributed by atoms with van der Waals surface area (Å²) in [7, 11) is -8.04. The van der Waals surface area contributed by atoms with E-state index >= 15 is 0 Å². The Morgan fingerprint density at radius 2 is 0.714 bits per heavy atom. The van der Waals surface area contributed by atoms with E-state index in [0.717, 1.165) is 0 Å². The van der Waals surface area contributed by atoms with Gasteiger partial charge in [0.1, 0.15) is 0 Å². The van der Waals surface area contributed by atoms with Gasteiger partial charge in [0.15, 0.2) is 0 Å². The van der Waals surface area contributed by atoms with E-state index in [2.05, 4.69) is 0 Å². The Balaban J connectivity index is 5.30. The van der Waals surface area contributed by atoms with E-state index in [1.807, 2.05) is 0 Å². The highest BCUT2D eigenvalue weighted by Crippen LogP contribution is 2.45. The van der Waals surface area contributed by atoms with Crippen molar-refractivity contribution in [2.75, 3.05) is 0 Å². The fourth-order valence-electron chi connectivity index (χ4n) is 1.05. The summed E-state index contributed by atoms with van der Waals surface area (Å²) in [5, 5.41) is -1.70. The van der Waals surface area contributed by atoms with E-state index in [-0.39, 0.29) is 0 Å². The van der Waals surface area contributed by atoms with E-state index in [0.29, 0.717) is 0 Å². The Kier molecular flexibility index (Phi) is 3.46. The van der Waals surface area contributed by atoms with Crippen molar-refractivity contribution >= 4 is 16.2 Å². The van der Waals surface area contributed by atoms with Crippen LogP contribution in [0.25, 0.3) is 0 Å². The fourth-order valence-corrected chi connectivity index (χ4v) is 9.41. The second-order valence-corrected chi connectivity index (χ2v) is 15.7. The van der Waals surface area contributed by atoms with Crippen LogP contribution in [-0.2, 0) is 0 Å². The van der Waals surface area contributed by atoms with Crippen LogP contribution < -0.4 is 0 Å². The van der Waals surface area contributed by atoms with Crippen LogP contribution in [0.2, 0.25) is 10.1 Å². The van der Waals surface area contributed by atoms with Crippen molar-refractivity contribution in [3.05, 3.63) is 0 Å². The number of hydrogen-bond acceptors (Lipinski definition) is 4. The van der Waals surface area contributed by atoms with Crippen LogP contribution in [0.4, 0.5) is 0 Å². The fraction of sp³-hybridized carbons (Fsp3) is 1.00. The highest BCUT2D eigenvalue weighted by molar-refractivity contribution is 7.31. The Hall–Kier alpha value is 0.274. The third kappa shape index (κ3) is 2.10. The summed E-state index contributed by atoms with van der Waals surface area (Å²) in [5.41, 5.74) is 0. The maximum absolute atomic E-state index is 9.97. The van der Waals surface area contributed by atoms with Gasteiger partial charge in [-0.25, -0.2) is 0 Å². The molecule has 0 atom stereocenters. The maximum Gasteiger partial charge on any atom is 0.384 e. The second-order valence-electron chi connectivity index (χ2n) is 5.84. The average Bonchev–Trinajstić information content (AvgIpc) is 1.81. The Morgan fingerprint density at radius 3 is 0.786 bits per heavy atom. The van der Waals surface area contributed by atoms with Crippen LogP contribution >= 0.6 is 0 Å². The first-order valence-electron chi connectivity index (χ1n) is 4.64. The number of hydrogen-bond donors (Lipinski definition) is 4. The summed E-state index contributed by atoms with van der Waals surface area (Å²) in [6.07, 6.45) is 0. The molecule has 0 aromatic heterocycles. The van der Waals surface area contributed by atoms with E-state index in [1.54, 1.807) is 41.5 Å². The molecule has 6 heteroatoms. The molecule has 0 aromatic carbocycles.